The van der Waals surface area contributed by atoms with Gasteiger partial charge in [0, 0.05) is 34.7 Å². The zero-order valence-corrected chi connectivity index (χ0v) is 15.1. The molecule has 0 saturated carbocycles. The van der Waals surface area contributed by atoms with E-state index in [2.05, 4.69) is 21.2 Å². The molecule has 0 bridgehead atoms. The van der Waals surface area contributed by atoms with Crippen LogP contribution in [-0.4, -0.2) is 29.8 Å². The molecule has 0 aromatic heterocycles. The zero-order chi connectivity index (χ0) is 17.8. The lowest BCUT2D eigenvalue weighted by atomic mass is 9.95. The van der Waals surface area contributed by atoms with E-state index in [0.717, 1.165) is 4.47 Å². The van der Waals surface area contributed by atoms with E-state index in [-0.39, 0.29) is 23.5 Å². The molecule has 4 nitrogen and oxygen atoms in total. The van der Waals surface area contributed by atoms with Gasteiger partial charge in [0.2, 0.25) is 5.91 Å². The molecule has 2 aromatic carbocycles. The zero-order valence-electron chi connectivity index (χ0n) is 13.5. The third-order valence-corrected chi connectivity index (χ3v) is 4.86. The maximum Gasteiger partial charge on any atom is 0.253 e. The molecule has 1 saturated heterocycles. The fourth-order valence-electron chi connectivity index (χ4n) is 2.93. The van der Waals surface area contributed by atoms with Crippen LogP contribution in [0.3, 0.4) is 0 Å². The number of carbonyl (C=O) groups is 2. The molecular formula is C19H18BrFN2O2. The number of benzene rings is 2. The average Bonchev–Trinajstić information content (AvgIpc) is 2.62. The summed E-state index contributed by atoms with van der Waals surface area (Å²) in [6.07, 6.45) is 1.20. The fraction of sp³-hybridized carbons (Fsp3) is 0.263. The maximum absolute atomic E-state index is 13.2. The van der Waals surface area contributed by atoms with Crippen molar-refractivity contribution in [3.8, 4) is 0 Å². The Bertz CT molecular complexity index is 771. The summed E-state index contributed by atoms with van der Waals surface area (Å²) in [5.41, 5.74) is 1.10. The van der Waals surface area contributed by atoms with Crippen molar-refractivity contribution in [3.63, 3.8) is 0 Å². The summed E-state index contributed by atoms with van der Waals surface area (Å²) in [4.78, 5) is 26.6. The molecule has 0 spiro atoms. The van der Waals surface area contributed by atoms with Crippen molar-refractivity contribution in [3.05, 3.63) is 64.4 Å². The highest BCUT2D eigenvalue weighted by atomic mass is 79.9. The number of piperidine rings is 1. The van der Waals surface area contributed by atoms with Crippen LogP contribution in [0.5, 0.6) is 0 Å². The summed E-state index contributed by atoms with van der Waals surface area (Å²) >= 11 is 3.35. The molecule has 130 valence electrons. The molecule has 0 aliphatic carbocycles. The number of carbonyl (C=O) groups excluding carboxylic acids is 2. The lowest BCUT2D eigenvalue weighted by molar-refractivity contribution is -0.121. The smallest absolute Gasteiger partial charge is 0.253 e. The van der Waals surface area contributed by atoms with E-state index in [1.165, 1.54) is 12.1 Å². The highest BCUT2D eigenvalue weighted by Crippen LogP contribution is 2.22. The minimum atomic E-state index is -0.382. The topological polar surface area (TPSA) is 49.4 Å². The van der Waals surface area contributed by atoms with Crippen molar-refractivity contribution < 1.29 is 14.0 Å². The number of anilines is 1. The van der Waals surface area contributed by atoms with E-state index in [1.807, 2.05) is 12.1 Å². The van der Waals surface area contributed by atoms with E-state index >= 15 is 0 Å². The van der Waals surface area contributed by atoms with E-state index in [1.54, 1.807) is 29.2 Å². The first kappa shape index (κ1) is 17.6. The monoisotopic (exact) mass is 404 g/mol. The Morgan fingerprint density at radius 1 is 1.08 bits per heavy atom. The van der Waals surface area contributed by atoms with Gasteiger partial charge in [0.1, 0.15) is 5.82 Å². The van der Waals surface area contributed by atoms with E-state index in [9.17, 15) is 14.0 Å². The van der Waals surface area contributed by atoms with Gasteiger partial charge in [-0.2, -0.15) is 0 Å². The summed E-state index contributed by atoms with van der Waals surface area (Å²) in [6, 6.07) is 13.1. The molecule has 1 fully saturated rings. The number of nitrogens with zero attached hydrogens (tertiary/aromatic N) is 1. The van der Waals surface area contributed by atoms with Gasteiger partial charge in [-0.3, -0.25) is 9.59 Å². The third-order valence-electron chi connectivity index (χ3n) is 4.34. The van der Waals surface area contributed by atoms with Crippen LogP contribution in [0.2, 0.25) is 0 Å². The molecule has 1 N–H and O–H groups in total. The predicted octanol–water partition coefficient (Wildman–Crippen LogP) is 4.08. The van der Waals surface area contributed by atoms with Gasteiger partial charge in [0.05, 0.1) is 0 Å². The number of nitrogens with one attached hydrogen (secondary N) is 1. The summed E-state index contributed by atoms with van der Waals surface area (Å²) in [6.45, 7) is 1.08. The number of hydrogen-bond acceptors (Lipinski definition) is 2. The van der Waals surface area contributed by atoms with E-state index < -0.39 is 0 Å². The minimum Gasteiger partial charge on any atom is -0.339 e. The van der Waals surface area contributed by atoms with Gasteiger partial charge in [-0.25, -0.2) is 4.39 Å². The molecule has 3 rings (SSSR count). The molecule has 0 radical (unpaired) electrons. The molecule has 1 aliphatic heterocycles. The largest absolute Gasteiger partial charge is 0.339 e. The van der Waals surface area contributed by atoms with Crippen LogP contribution < -0.4 is 5.32 Å². The van der Waals surface area contributed by atoms with Gasteiger partial charge >= 0.3 is 0 Å². The van der Waals surface area contributed by atoms with Gasteiger partial charge in [-0.15, -0.1) is 0 Å². The van der Waals surface area contributed by atoms with Crippen molar-refractivity contribution >= 4 is 33.4 Å². The van der Waals surface area contributed by atoms with Crippen LogP contribution >= 0.6 is 15.9 Å². The standard InChI is InChI=1S/C19H18BrFN2O2/c20-15-6-4-14(5-7-15)19(25)23-10-8-13(9-11-23)18(24)22-17-3-1-2-16(21)12-17/h1-7,12-13H,8-11H2,(H,22,24). The van der Waals surface area contributed by atoms with Crippen LogP contribution in [0.25, 0.3) is 0 Å². The molecule has 0 unspecified atom stereocenters. The molecule has 25 heavy (non-hydrogen) atoms. The second kappa shape index (κ2) is 7.78. The summed E-state index contributed by atoms with van der Waals surface area (Å²) in [5, 5.41) is 2.75. The average molecular weight is 405 g/mol. The maximum atomic E-state index is 13.2. The quantitative estimate of drug-likeness (QED) is 0.837. The van der Waals surface area contributed by atoms with Gasteiger partial charge in [-0.05, 0) is 55.3 Å². The highest BCUT2D eigenvalue weighted by molar-refractivity contribution is 9.10. The van der Waals surface area contributed by atoms with Crippen LogP contribution in [0.1, 0.15) is 23.2 Å². The summed E-state index contributed by atoms with van der Waals surface area (Å²) in [7, 11) is 0. The van der Waals surface area contributed by atoms with Gasteiger partial charge in [0.15, 0.2) is 0 Å². The predicted molar refractivity (Wildman–Crippen MR) is 97.8 cm³/mol. The summed E-state index contributed by atoms with van der Waals surface area (Å²) in [5.74, 6) is -0.692. The molecule has 2 aromatic rings. The second-order valence-electron chi connectivity index (χ2n) is 6.07. The first-order valence-corrected chi connectivity index (χ1v) is 8.93. The highest BCUT2D eigenvalue weighted by Gasteiger charge is 2.27. The van der Waals surface area contributed by atoms with Gasteiger partial charge in [-0.1, -0.05) is 22.0 Å². The van der Waals surface area contributed by atoms with Crippen molar-refractivity contribution in [2.45, 2.75) is 12.8 Å². The van der Waals surface area contributed by atoms with Crippen LogP contribution in [0.15, 0.2) is 53.0 Å². The Morgan fingerprint density at radius 3 is 2.40 bits per heavy atom. The van der Waals surface area contributed by atoms with Crippen molar-refractivity contribution in [1.29, 1.82) is 0 Å². The number of likely N-dealkylation sites (tertiary alicyclic amines) is 1. The summed E-state index contributed by atoms with van der Waals surface area (Å²) < 4.78 is 14.1. The van der Waals surface area contributed by atoms with E-state index in [0.29, 0.717) is 37.2 Å². The molecule has 2 amide bonds. The molecule has 6 heteroatoms. The van der Waals surface area contributed by atoms with Gasteiger partial charge < -0.3 is 10.2 Å². The van der Waals surface area contributed by atoms with Crippen molar-refractivity contribution in [1.82, 2.24) is 4.90 Å². The molecular weight excluding hydrogens is 387 g/mol. The Kier molecular flexibility index (Phi) is 5.48. The fourth-order valence-corrected chi connectivity index (χ4v) is 3.19. The Morgan fingerprint density at radius 2 is 1.76 bits per heavy atom. The number of hydrogen-bond donors (Lipinski definition) is 1. The first-order chi connectivity index (χ1) is 12.0. The minimum absolute atomic E-state index is 0.0171. The molecule has 1 aliphatic rings. The van der Waals surface area contributed by atoms with Crippen molar-refractivity contribution in [2.75, 3.05) is 18.4 Å². The van der Waals surface area contributed by atoms with Crippen LogP contribution in [-0.2, 0) is 4.79 Å². The number of halogens is 2. The lowest BCUT2D eigenvalue weighted by Crippen LogP contribution is -2.41. The van der Waals surface area contributed by atoms with Gasteiger partial charge in [0.25, 0.3) is 5.91 Å². The Hall–Kier alpha value is -2.21. The van der Waals surface area contributed by atoms with E-state index in [4.69, 9.17) is 0 Å². The van der Waals surface area contributed by atoms with Crippen LogP contribution in [0.4, 0.5) is 10.1 Å². The molecule has 1 heterocycles. The van der Waals surface area contributed by atoms with Crippen molar-refractivity contribution in [2.24, 2.45) is 5.92 Å². The number of amides is 2. The molecule has 0 atom stereocenters. The number of rotatable bonds is 3. The van der Waals surface area contributed by atoms with Crippen LogP contribution in [0, 0.1) is 11.7 Å². The third kappa shape index (κ3) is 4.45. The first-order valence-electron chi connectivity index (χ1n) is 8.14. The normalized spacial score (nSPS) is 15.0. The Labute approximate surface area is 154 Å². The SMILES string of the molecule is O=C(Nc1cccc(F)c1)C1CCN(C(=O)c2ccc(Br)cc2)CC1. The lowest BCUT2D eigenvalue weighted by Gasteiger charge is -2.31. The Balaban J connectivity index is 1.55. The second-order valence-corrected chi connectivity index (χ2v) is 6.99.